The molecule has 2 rings (SSSR count). The number of benzene rings is 1. The van der Waals surface area contributed by atoms with Crippen molar-refractivity contribution in [1.29, 1.82) is 0 Å². The number of nitro benzene ring substituents is 1. The molecule has 0 unspecified atom stereocenters. The molecule has 0 atom stereocenters. The Morgan fingerprint density at radius 3 is 2.50 bits per heavy atom. The minimum atomic E-state index is -0.789. The Morgan fingerprint density at radius 2 is 1.96 bits per heavy atom. The van der Waals surface area contributed by atoms with Crippen LogP contribution in [0, 0.1) is 10.1 Å². The number of nitrogens with one attached hydrogen (secondary N) is 1. The van der Waals surface area contributed by atoms with E-state index < -0.39 is 22.4 Å². The van der Waals surface area contributed by atoms with Gasteiger partial charge in [0.05, 0.1) is 14.1 Å². The highest BCUT2D eigenvalue weighted by Gasteiger charge is 2.28. The molecule has 0 radical (unpaired) electrons. The third-order valence-corrected chi connectivity index (χ3v) is 4.39. The SMILES string of the molecule is CC(C)(C)OC(=O)c1cccc(CNC(=O)c2ccc(Cl)s2)c1[N+](=O)[O-]. The lowest BCUT2D eigenvalue weighted by Gasteiger charge is -2.19. The maximum atomic E-state index is 12.3. The van der Waals surface area contributed by atoms with Crippen LogP contribution in [0.15, 0.2) is 30.3 Å². The summed E-state index contributed by atoms with van der Waals surface area (Å²) in [7, 11) is 0. The van der Waals surface area contributed by atoms with Crippen LogP contribution in [0.25, 0.3) is 0 Å². The van der Waals surface area contributed by atoms with E-state index in [1.165, 1.54) is 18.2 Å². The number of nitrogens with zero attached hydrogens (tertiary/aromatic N) is 1. The second-order valence-corrected chi connectivity index (χ2v) is 8.07. The predicted octanol–water partition coefficient (Wildman–Crippen LogP) is 4.20. The second kappa shape index (κ2) is 7.84. The molecule has 0 aliphatic rings. The number of amides is 1. The van der Waals surface area contributed by atoms with E-state index >= 15 is 0 Å². The number of para-hydroxylation sites is 1. The van der Waals surface area contributed by atoms with Gasteiger partial charge >= 0.3 is 5.97 Å². The Hall–Kier alpha value is -2.45. The van der Waals surface area contributed by atoms with Gasteiger partial charge in [0.15, 0.2) is 0 Å². The van der Waals surface area contributed by atoms with Gasteiger partial charge in [-0.15, -0.1) is 11.3 Å². The maximum Gasteiger partial charge on any atom is 0.345 e. The Morgan fingerprint density at radius 1 is 1.27 bits per heavy atom. The lowest BCUT2D eigenvalue weighted by Crippen LogP contribution is -2.25. The highest BCUT2D eigenvalue weighted by Crippen LogP contribution is 2.27. The molecule has 0 saturated heterocycles. The van der Waals surface area contributed by atoms with Crippen LogP contribution in [-0.4, -0.2) is 22.4 Å². The molecule has 0 fully saturated rings. The fourth-order valence-electron chi connectivity index (χ4n) is 2.15. The van der Waals surface area contributed by atoms with Crippen molar-refractivity contribution >= 4 is 40.5 Å². The van der Waals surface area contributed by atoms with E-state index in [1.54, 1.807) is 32.9 Å². The summed E-state index contributed by atoms with van der Waals surface area (Å²) in [6, 6.07) is 7.47. The van der Waals surface area contributed by atoms with Crippen molar-refractivity contribution in [2.45, 2.75) is 32.9 Å². The van der Waals surface area contributed by atoms with Crippen molar-refractivity contribution in [3.63, 3.8) is 0 Å². The molecule has 0 spiro atoms. The number of thiophene rings is 1. The average molecular weight is 397 g/mol. The molecule has 1 N–H and O–H groups in total. The summed E-state index contributed by atoms with van der Waals surface area (Å²) in [6.07, 6.45) is 0. The van der Waals surface area contributed by atoms with Gasteiger partial charge in [0.25, 0.3) is 11.6 Å². The van der Waals surface area contributed by atoms with E-state index in [-0.39, 0.29) is 23.4 Å². The standard InChI is InChI=1S/C17H17ClN2O5S/c1-17(2,3)25-16(22)11-6-4-5-10(14(11)20(23)24)9-19-15(21)12-7-8-13(18)26-12/h4-8H,9H2,1-3H3,(H,19,21). The second-order valence-electron chi connectivity index (χ2n) is 6.36. The zero-order valence-corrected chi connectivity index (χ0v) is 15.9. The van der Waals surface area contributed by atoms with Crippen LogP contribution in [0.3, 0.4) is 0 Å². The molecular formula is C17H17ClN2O5S. The van der Waals surface area contributed by atoms with Gasteiger partial charge in [0.2, 0.25) is 0 Å². The minimum Gasteiger partial charge on any atom is -0.456 e. The van der Waals surface area contributed by atoms with Crippen molar-refractivity contribution in [2.24, 2.45) is 0 Å². The largest absolute Gasteiger partial charge is 0.456 e. The average Bonchev–Trinajstić information content (AvgIpc) is 2.97. The van der Waals surface area contributed by atoms with Crippen molar-refractivity contribution in [3.8, 4) is 0 Å². The van der Waals surface area contributed by atoms with E-state index in [9.17, 15) is 19.7 Å². The number of nitro groups is 1. The lowest BCUT2D eigenvalue weighted by molar-refractivity contribution is -0.386. The van der Waals surface area contributed by atoms with Gasteiger partial charge in [0, 0.05) is 12.1 Å². The first-order valence-corrected chi connectivity index (χ1v) is 8.81. The molecule has 0 aliphatic carbocycles. The summed E-state index contributed by atoms with van der Waals surface area (Å²) in [5.74, 6) is -1.19. The third-order valence-electron chi connectivity index (χ3n) is 3.16. The van der Waals surface area contributed by atoms with Crippen molar-refractivity contribution in [2.75, 3.05) is 0 Å². The predicted molar refractivity (Wildman–Crippen MR) is 98.8 cm³/mol. The summed E-state index contributed by atoms with van der Waals surface area (Å²) >= 11 is 6.90. The molecule has 26 heavy (non-hydrogen) atoms. The van der Waals surface area contributed by atoms with E-state index in [4.69, 9.17) is 16.3 Å². The summed E-state index contributed by atoms with van der Waals surface area (Å²) in [6.45, 7) is 4.91. The van der Waals surface area contributed by atoms with Gasteiger partial charge in [0.1, 0.15) is 11.2 Å². The molecule has 1 aromatic carbocycles. The van der Waals surface area contributed by atoms with Crippen molar-refractivity contribution in [1.82, 2.24) is 5.32 Å². The van der Waals surface area contributed by atoms with Crippen LogP contribution in [0.5, 0.6) is 0 Å². The van der Waals surface area contributed by atoms with Crippen LogP contribution in [0.4, 0.5) is 5.69 Å². The Balaban J connectivity index is 2.25. The molecular weight excluding hydrogens is 380 g/mol. The molecule has 2 aromatic rings. The number of hydrogen-bond acceptors (Lipinski definition) is 6. The van der Waals surface area contributed by atoms with E-state index in [1.807, 2.05) is 0 Å². The molecule has 0 bridgehead atoms. The molecule has 0 saturated carbocycles. The Labute approximate surface area is 159 Å². The molecule has 9 heteroatoms. The molecule has 1 aromatic heterocycles. The number of halogens is 1. The zero-order valence-electron chi connectivity index (χ0n) is 14.4. The fourth-order valence-corrected chi connectivity index (χ4v) is 3.11. The van der Waals surface area contributed by atoms with E-state index in [0.717, 1.165) is 11.3 Å². The van der Waals surface area contributed by atoms with Crippen LogP contribution in [0.1, 0.15) is 46.4 Å². The number of rotatable bonds is 5. The lowest BCUT2D eigenvalue weighted by atomic mass is 10.1. The normalized spacial score (nSPS) is 11.1. The highest BCUT2D eigenvalue weighted by atomic mass is 35.5. The highest BCUT2D eigenvalue weighted by molar-refractivity contribution is 7.17. The number of carbonyl (C=O) groups excluding carboxylic acids is 2. The van der Waals surface area contributed by atoms with E-state index in [2.05, 4.69) is 5.32 Å². The first-order chi connectivity index (χ1) is 12.1. The summed E-state index contributed by atoms with van der Waals surface area (Å²) < 4.78 is 5.69. The number of esters is 1. The maximum absolute atomic E-state index is 12.3. The third kappa shape index (κ3) is 5.03. The fraction of sp³-hybridized carbons (Fsp3) is 0.294. The van der Waals surface area contributed by atoms with Gasteiger partial charge in [-0.1, -0.05) is 23.7 Å². The number of hydrogen-bond donors (Lipinski definition) is 1. The summed E-state index contributed by atoms with van der Waals surface area (Å²) in [4.78, 5) is 35.6. The van der Waals surface area contributed by atoms with Crippen LogP contribution < -0.4 is 5.32 Å². The molecule has 138 valence electrons. The summed E-state index contributed by atoms with van der Waals surface area (Å²) in [5, 5.41) is 14.1. The topological polar surface area (TPSA) is 98.5 Å². The number of carbonyl (C=O) groups is 2. The van der Waals surface area contributed by atoms with Gasteiger partial charge in [-0.3, -0.25) is 14.9 Å². The van der Waals surface area contributed by atoms with Gasteiger partial charge in [-0.05, 0) is 39.0 Å². The first-order valence-electron chi connectivity index (χ1n) is 7.61. The van der Waals surface area contributed by atoms with E-state index in [0.29, 0.717) is 9.21 Å². The van der Waals surface area contributed by atoms with Crippen LogP contribution >= 0.6 is 22.9 Å². The van der Waals surface area contributed by atoms with Crippen molar-refractivity contribution in [3.05, 3.63) is 60.8 Å². The smallest absolute Gasteiger partial charge is 0.345 e. The molecule has 1 amide bonds. The monoisotopic (exact) mass is 396 g/mol. The van der Waals surface area contributed by atoms with Gasteiger partial charge in [-0.25, -0.2) is 4.79 Å². The van der Waals surface area contributed by atoms with Gasteiger partial charge < -0.3 is 10.1 Å². The number of ether oxygens (including phenoxy) is 1. The minimum absolute atomic E-state index is 0.110. The Bertz CT molecular complexity index is 857. The molecule has 1 heterocycles. The molecule has 7 nitrogen and oxygen atoms in total. The Kier molecular flexibility index (Phi) is 5.99. The van der Waals surface area contributed by atoms with Gasteiger partial charge in [-0.2, -0.15) is 0 Å². The zero-order chi connectivity index (χ0) is 19.5. The van der Waals surface area contributed by atoms with Crippen LogP contribution in [0.2, 0.25) is 4.34 Å². The van der Waals surface area contributed by atoms with Crippen LogP contribution in [-0.2, 0) is 11.3 Å². The molecule has 0 aliphatic heterocycles. The summed E-state index contributed by atoms with van der Waals surface area (Å²) in [5.41, 5.74) is -1.12. The first kappa shape index (κ1) is 19.9. The van der Waals surface area contributed by atoms with Crippen molar-refractivity contribution < 1.29 is 19.2 Å². The quantitative estimate of drug-likeness (QED) is 0.464.